The van der Waals surface area contributed by atoms with Gasteiger partial charge in [0, 0.05) is 25.0 Å². The van der Waals surface area contributed by atoms with Gasteiger partial charge in [-0.3, -0.25) is 9.82 Å². The van der Waals surface area contributed by atoms with Crippen molar-refractivity contribution in [2.75, 3.05) is 4.72 Å². The number of anilines is 1. The van der Waals surface area contributed by atoms with Crippen molar-refractivity contribution in [3.8, 4) is 0 Å². The van der Waals surface area contributed by atoms with Crippen LogP contribution in [-0.2, 0) is 17.1 Å². The number of H-pyrrole nitrogens is 1. The molecule has 0 spiro atoms. The third-order valence-electron chi connectivity index (χ3n) is 2.42. The summed E-state index contributed by atoms with van der Waals surface area (Å²) in [5.74, 6) is 0.523. The van der Waals surface area contributed by atoms with E-state index < -0.39 is 10.0 Å². The molecule has 0 aromatic carbocycles. The zero-order valence-corrected chi connectivity index (χ0v) is 11.2. The number of imidazole rings is 1. The molecule has 0 unspecified atom stereocenters. The molecule has 0 radical (unpaired) electrons. The minimum atomic E-state index is -3.67. The maximum Gasteiger partial charge on any atom is 0.282 e. The van der Waals surface area contributed by atoms with E-state index in [4.69, 9.17) is 0 Å². The number of rotatable bonds is 4. The van der Waals surface area contributed by atoms with Crippen molar-refractivity contribution in [1.29, 1.82) is 0 Å². The highest BCUT2D eigenvalue weighted by molar-refractivity contribution is 7.92. The molecule has 2 aromatic heterocycles. The number of aromatic amines is 1. The number of nitrogens with zero attached hydrogens (tertiary/aromatic N) is 3. The lowest BCUT2D eigenvalue weighted by Crippen LogP contribution is -2.13. The Balaban J connectivity index is 2.22. The lowest BCUT2D eigenvalue weighted by Gasteiger charge is -2.01. The van der Waals surface area contributed by atoms with Crippen LogP contribution in [0.15, 0.2) is 23.6 Å². The molecular weight excluding hydrogens is 254 g/mol. The van der Waals surface area contributed by atoms with Gasteiger partial charge < -0.3 is 4.57 Å². The van der Waals surface area contributed by atoms with Crippen LogP contribution in [0.4, 0.5) is 5.82 Å². The summed E-state index contributed by atoms with van der Waals surface area (Å²) in [4.78, 5) is 3.80. The largest absolute Gasteiger partial charge is 0.339 e. The number of aryl methyl sites for hydroxylation is 1. The standard InChI is InChI=1S/C10H15N5O2S/c1-7(2)8-4-9(13-12-8)14-18(16,17)10-5-15(3)6-11-10/h4-7H,1-3H3,(H2,12,13,14). The summed E-state index contributed by atoms with van der Waals surface area (Å²) in [5, 5.41) is 6.66. The second-order valence-electron chi connectivity index (χ2n) is 4.35. The summed E-state index contributed by atoms with van der Waals surface area (Å²) in [6, 6.07) is 1.67. The predicted molar refractivity (Wildman–Crippen MR) is 66.7 cm³/mol. The van der Waals surface area contributed by atoms with Crippen molar-refractivity contribution in [1.82, 2.24) is 19.7 Å². The first-order valence-electron chi connectivity index (χ1n) is 5.44. The van der Waals surface area contributed by atoms with E-state index in [1.807, 2.05) is 13.8 Å². The molecule has 2 N–H and O–H groups in total. The van der Waals surface area contributed by atoms with Crippen LogP contribution in [0.3, 0.4) is 0 Å². The van der Waals surface area contributed by atoms with Crippen LogP contribution in [0.2, 0.25) is 0 Å². The Morgan fingerprint density at radius 1 is 1.44 bits per heavy atom. The molecule has 2 aromatic rings. The highest BCUT2D eigenvalue weighted by atomic mass is 32.2. The molecular formula is C10H15N5O2S. The van der Waals surface area contributed by atoms with Crippen molar-refractivity contribution in [3.05, 3.63) is 24.3 Å². The molecule has 98 valence electrons. The van der Waals surface area contributed by atoms with Gasteiger partial charge in [0.15, 0.2) is 10.8 Å². The van der Waals surface area contributed by atoms with Crippen LogP contribution in [0.25, 0.3) is 0 Å². The molecule has 0 atom stereocenters. The van der Waals surface area contributed by atoms with Crippen molar-refractivity contribution >= 4 is 15.8 Å². The van der Waals surface area contributed by atoms with Crippen LogP contribution in [-0.4, -0.2) is 28.2 Å². The molecule has 0 fully saturated rings. The van der Waals surface area contributed by atoms with Gasteiger partial charge in [0.2, 0.25) is 0 Å². The minimum Gasteiger partial charge on any atom is -0.339 e. The van der Waals surface area contributed by atoms with Crippen molar-refractivity contribution in [3.63, 3.8) is 0 Å². The number of nitrogens with one attached hydrogen (secondary N) is 2. The predicted octanol–water partition coefficient (Wildman–Crippen LogP) is 1.07. The number of sulfonamides is 1. The van der Waals surface area contributed by atoms with E-state index in [1.165, 1.54) is 12.5 Å². The molecule has 2 rings (SSSR count). The molecule has 7 nitrogen and oxygen atoms in total. The van der Waals surface area contributed by atoms with E-state index >= 15 is 0 Å². The zero-order valence-electron chi connectivity index (χ0n) is 10.4. The number of hydrogen-bond donors (Lipinski definition) is 2. The first-order chi connectivity index (χ1) is 8.38. The van der Waals surface area contributed by atoms with E-state index in [-0.39, 0.29) is 16.8 Å². The fourth-order valence-electron chi connectivity index (χ4n) is 1.40. The van der Waals surface area contributed by atoms with Gasteiger partial charge in [-0.15, -0.1) is 0 Å². The summed E-state index contributed by atoms with van der Waals surface area (Å²) in [5.41, 5.74) is 0.869. The monoisotopic (exact) mass is 269 g/mol. The van der Waals surface area contributed by atoms with E-state index in [0.29, 0.717) is 0 Å². The molecule has 0 amide bonds. The van der Waals surface area contributed by atoms with Crippen molar-refractivity contribution in [2.45, 2.75) is 24.8 Å². The topological polar surface area (TPSA) is 92.7 Å². The summed E-state index contributed by atoms with van der Waals surface area (Å²) >= 11 is 0. The average molecular weight is 269 g/mol. The highest BCUT2D eigenvalue weighted by Crippen LogP contribution is 2.17. The minimum absolute atomic E-state index is 0.0286. The Morgan fingerprint density at radius 2 is 2.17 bits per heavy atom. The summed E-state index contributed by atoms with van der Waals surface area (Å²) in [6.07, 6.45) is 2.86. The molecule has 18 heavy (non-hydrogen) atoms. The molecule has 0 aliphatic rings. The van der Waals surface area contributed by atoms with Gasteiger partial charge >= 0.3 is 0 Å². The molecule has 0 aliphatic heterocycles. The van der Waals surface area contributed by atoms with Gasteiger partial charge in [-0.05, 0) is 5.92 Å². The van der Waals surface area contributed by atoms with Gasteiger partial charge in [-0.25, -0.2) is 4.98 Å². The smallest absolute Gasteiger partial charge is 0.282 e. The van der Waals surface area contributed by atoms with Gasteiger partial charge in [0.05, 0.1) is 6.33 Å². The van der Waals surface area contributed by atoms with Gasteiger partial charge in [0.1, 0.15) is 0 Å². The van der Waals surface area contributed by atoms with Crippen LogP contribution in [0, 0.1) is 0 Å². The first-order valence-corrected chi connectivity index (χ1v) is 6.93. The van der Waals surface area contributed by atoms with E-state index in [2.05, 4.69) is 19.9 Å². The van der Waals surface area contributed by atoms with Crippen LogP contribution in [0.1, 0.15) is 25.5 Å². The first kappa shape index (κ1) is 12.6. The maximum absolute atomic E-state index is 12.0. The van der Waals surface area contributed by atoms with Crippen molar-refractivity contribution in [2.24, 2.45) is 7.05 Å². The SMILES string of the molecule is CC(C)c1cc(NS(=O)(=O)c2cn(C)cn2)n[nH]1. The van der Waals surface area contributed by atoms with Gasteiger partial charge in [-0.2, -0.15) is 13.5 Å². The fourth-order valence-corrected chi connectivity index (χ4v) is 2.38. The van der Waals surface area contributed by atoms with E-state index in [1.54, 1.807) is 17.7 Å². The molecule has 0 bridgehead atoms. The van der Waals surface area contributed by atoms with Crippen LogP contribution in [0.5, 0.6) is 0 Å². The Hall–Kier alpha value is -1.83. The van der Waals surface area contributed by atoms with Crippen LogP contribution < -0.4 is 4.72 Å². The van der Waals surface area contributed by atoms with Crippen molar-refractivity contribution < 1.29 is 8.42 Å². The second kappa shape index (κ2) is 4.45. The highest BCUT2D eigenvalue weighted by Gasteiger charge is 2.18. The maximum atomic E-state index is 12.0. The molecule has 8 heteroatoms. The fraction of sp³-hybridized carbons (Fsp3) is 0.400. The normalized spacial score (nSPS) is 12.0. The average Bonchev–Trinajstić information content (AvgIpc) is 2.86. The van der Waals surface area contributed by atoms with E-state index in [0.717, 1.165) is 5.69 Å². The number of hydrogen-bond acceptors (Lipinski definition) is 4. The second-order valence-corrected chi connectivity index (χ2v) is 5.98. The lowest BCUT2D eigenvalue weighted by atomic mass is 10.1. The Labute approximate surface area is 105 Å². The summed E-state index contributed by atoms with van der Waals surface area (Å²) < 4.78 is 27.9. The summed E-state index contributed by atoms with van der Waals surface area (Å²) in [7, 11) is -1.96. The van der Waals surface area contributed by atoms with E-state index in [9.17, 15) is 8.42 Å². The number of aromatic nitrogens is 4. The molecule has 0 aliphatic carbocycles. The lowest BCUT2D eigenvalue weighted by molar-refractivity contribution is 0.598. The van der Waals surface area contributed by atoms with Crippen LogP contribution >= 0.6 is 0 Å². The zero-order chi connectivity index (χ0) is 13.3. The van der Waals surface area contributed by atoms with Gasteiger partial charge in [0.25, 0.3) is 10.0 Å². The molecule has 2 heterocycles. The Bertz CT molecular complexity index is 641. The third-order valence-corrected chi connectivity index (χ3v) is 3.65. The van der Waals surface area contributed by atoms with Gasteiger partial charge in [-0.1, -0.05) is 13.8 Å². The third kappa shape index (κ3) is 2.53. The summed E-state index contributed by atoms with van der Waals surface area (Å²) in [6.45, 7) is 3.98. The Morgan fingerprint density at radius 3 is 2.67 bits per heavy atom. The Kier molecular flexibility index (Phi) is 3.12. The quantitative estimate of drug-likeness (QED) is 0.868. The molecule has 0 saturated carbocycles. The molecule has 0 saturated heterocycles.